The van der Waals surface area contributed by atoms with Crippen molar-refractivity contribution in [2.75, 3.05) is 6.54 Å². The van der Waals surface area contributed by atoms with Crippen LogP contribution in [0.1, 0.15) is 19.7 Å². The van der Waals surface area contributed by atoms with Gasteiger partial charge in [-0.25, -0.2) is 4.98 Å². The number of aromatic amines is 1. The molecule has 0 aliphatic carbocycles. The quantitative estimate of drug-likeness (QED) is 0.505. The highest BCUT2D eigenvalue weighted by Crippen LogP contribution is 2.21. The number of allylic oxidation sites excluding steroid dienone is 1. The number of aromatic nitrogens is 2. The normalized spacial score (nSPS) is 12.8. The second-order valence-electron chi connectivity index (χ2n) is 5.20. The van der Waals surface area contributed by atoms with Crippen molar-refractivity contribution < 1.29 is 9.53 Å². The maximum atomic E-state index is 12.3. The highest BCUT2D eigenvalue weighted by atomic mass is 16.5. The highest BCUT2D eigenvalue weighted by Gasteiger charge is 2.26. The monoisotopic (exact) mass is 311 g/mol. The molecule has 0 saturated carbocycles. The summed E-state index contributed by atoms with van der Waals surface area (Å²) in [6, 6.07) is 4.67. The van der Waals surface area contributed by atoms with Crippen LogP contribution in [0.3, 0.4) is 0 Å². The van der Waals surface area contributed by atoms with Crippen molar-refractivity contribution in [3.63, 3.8) is 0 Å². The lowest BCUT2D eigenvalue weighted by molar-refractivity contribution is -0.131. The Morgan fingerprint density at radius 3 is 2.91 bits per heavy atom. The Hall–Kier alpha value is -2.91. The van der Waals surface area contributed by atoms with E-state index in [9.17, 15) is 9.59 Å². The molecule has 0 aliphatic heterocycles. The van der Waals surface area contributed by atoms with E-state index in [1.807, 2.05) is 0 Å². The van der Waals surface area contributed by atoms with Gasteiger partial charge in [-0.1, -0.05) is 18.4 Å². The average Bonchev–Trinajstić information content (AvgIpc) is 2.52. The Morgan fingerprint density at radius 2 is 2.30 bits per heavy atom. The van der Waals surface area contributed by atoms with Crippen molar-refractivity contribution >= 4 is 16.9 Å². The van der Waals surface area contributed by atoms with Crippen molar-refractivity contribution in [1.82, 2.24) is 9.97 Å². The number of hydrogen-bond acceptors (Lipinski definition) is 5. The first kappa shape index (κ1) is 16.5. The van der Waals surface area contributed by atoms with Gasteiger partial charge in [0.2, 0.25) is 0 Å². The zero-order chi connectivity index (χ0) is 17.0. The van der Waals surface area contributed by atoms with Gasteiger partial charge in [0.1, 0.15) is 11.6 Å². The highest BCUT2D eigenvalue weighted by molar-refractivity contribution is 5.80. The van der Waals surface area contributed by atoms with E-state index in [4.69, 9.17) is 10.5 Å². The van der Waals surface area contributed by atoms with Gasteiger partial charge in [0.15, 0.2) is 0 Å². The number of benzene rings is 1. The van der Waals surface area contributed by atoms with Crippen LogP contribution in [0.25, 0.3) is 10.9 Å². The van der Waals surface area contributed by atoms with E-state index in [-0.39, 0.29) is 17.9 Å². The predicted octanol–water partition coefficient (Wildman–Crippen LogP) is 1.25. The summed E-state index contributed by atoms with van der Waals surface area (Å²) in [6.07, 6.45) is 1.46. The fourth-order valence-electron chi connectivity index (χ4n) is 2.03. The summed E-state index contributed by atoms with van der Waals surface area (Å²) in [6.45, 7) is 6.82. The van der Waals surface area contributed by atoms with E-state index < -0.39 is 11.4 Å². The van der Waals surface area contributed by atoms with Crippen molar-refractivity contribution in [3.05, 3.63) is 47.0 Å². The van der Waals surface area contributed by atoms with Gasteiger partial charge in [0.25, 0.3) is 5.56 Å². The van der Waals surface area contributed by atoms with Crippen molar-refractivity contribution in [2.45, 2.75) is 19.3 Å². The number of nitrogens with one attached hydrogen (secondary N) is 1. The van der Waals surface area contributed by atoms with Crippen molar-refractivity contribution in [2.24, 2.45) is 5.73 Å². The molecule has 2 rings (SSSR count). The van der Waals surface area contributed by atoms with Crippen LogP contribution in [0.2, 0.25) is 0 Å². The minimum absolute atomic E-state index is 0.188. The number of H-pyrrole nitrogens is 1. The molecule has 1 aromatic heterocycles. The van der Waals surface area contributed by atoms with Crippen LogP contribution in [-0.2, 0) is 10.2 Å². The van der Waals surface area contributed by atoms with Gasteiger partial charge in [-0.2, -0.15) is 0 Å². The number of carbonyl (C=O) groups excluding carboxylic acids is 1. The topological polar surface area (TPSA) is 98.1 Å². The number of carbonyl (C=O) groups is 1. The molecule has 118 valence electrons. The Kier molecular flexibility index (Phi) is 4.63. The minimum atomic E-state index is -0.796. The molecule has 6 nitrogen and oxygen atoms in total. The van der Waals surface area contributed by atoms with Gasteiger partial charge < -0.3 is 15.5 Å². The molecule has 0 amide bonds. The summed E-state index contributed by atoms with van der Waals surface area (Å²) in [5.41, 5.74) is 5.12. The SMILES string of the molecule is C=CC#CC(C)(CN)c1nc2ccc(OC(C)=O)cc2c(=O)[nH]1. The van der Waals surface area contributed by atoms with Crippen LogP contribution >= 0.6 is 0 Å². The number of ether oxygens (including phenoxy) is 1. The number of nitrogens with two attached hydrogens (primary N) is 1. The summed E-state index contributed by atoms with van der Waals surface area (Å²) in [5, 5.41) is 0.323. The number of hydrogen-bond donors (Lipinski definition) is 2. The molecule has 1 unspecified atom stereocenters. The first-order valence-electron chi connectivity index (χ1n) is 6.96. The Labute approximate surface area is 133 Å². The smallest absolute Gasteiger partial charge is 0.308 e. The molecule has 1 atom stereocenters. The van der Waals surface area contributed by atoms with Gasteiger partial charge in [-0.15, -0.1) is 0 Å². The van der Waals surface area contributed by atoms with Gasteiger partial charge in [-0.05, 0) is 31.2 Å². The summed E-state index contributed by atoms with van der Waals surface area (Å²) in [4.78, 5) is 30.5. The van der Waals surface area contributed by atoms with Crippen molar-refractivity contribution in [1.29, 1.82) is 0 Å². The van der Waals surface area contributed by atoms with Crippen LogP contribution in [0.5, 0.6) is 5.75 Å². The molecular weight excluding hydrogens is 294 g/mol. The Bertz CT molecular complexity index is 889. The lowest BCUT2D eigenvalue weighted by Gasteiger charge is -2.20. The fourth-order valence-corrected chi connectivity index (χ4v) is 2.03. The summed E-state index contributed by atoms with van der Waals surface area (Å²) >= 11 is 0. The van der Waals surface area contributed by atoms with Crippen molar-refractivity contribution in [3.8, 4) is 17.6 Å². The second-order valence-corrected chi connectivity index (χ2v) is 5.20. The molecule has 0 radical (unpaired) electrons. The molecular formula is C17H17N3O3. The summed E-state index contributed by atoms with van der Waals surface area (Å²) < 4.78 is 4.98. The molecule has 23 heavy (non-hydrogen) atoms. The van der Waals surface area contributed by atoms with E-state index in [1.54, 1.807) is 19.1 Å². The van der Waals surface area contributed by atoms with Crippen LogP contribution in [0.4, 0.5) is 0 Å². The number of rotatable bonds is 3. The van der Waals surface area contributed by atoms with Gasteiger partial charge >= 0.3 is 5.97 Å². The molecule has 3 N–H and O–H groups in total. The third-order valence-electron chi connectivity index (χ3n) is 3.32. The van der Waals surface area contributed by atoms with E-state index in [0.29, 0.717) is 16.7 Å². The largest absolute Gasteiger partial charge is 0.427 e. The molecule has 0 aliphatic rings. The molecule has 1 aromatic carbocycles. The molecule has 6 heteroatoms. The lowest BCUT2D eigenvalue weighted by atomic mass is 9.90. The number of esters is 1. The zero-order valence-corrected chi connectivity index (χ0v) is 13.0. The van der Waals surface area contributed by atoms with E-state index in [1.165, 1.54) is 19.1 Å². The molecule has 1 heterocycles. The standard InChI is InChI=1S/C17H17N3O3/c1-4-5-8-17(3,10-18)16-19-14-7-6-12(23-11(2)21)9-13(14)15(22)20-16/h4,6-7,9H,1,10,18H2,2-3H3,(H,19,20,22). The summed E-state index contributed by atoms with van der Waals surface area (Å²) in [5.74, 6) is 5.91. The fraction of sp³-hybridized carbons (Fsp3) is 0.235. The first-order chi connectivity index (χ1) is 10.9. The van der Waals surface area contributed by atoms with Crippen LogP contribution < -0.4 is 16.0 Å². The second kappa shape index (κ2) is 6.46. The summed E-state index contributed by atoms with van der Waals surface area (Å²) in [7, 11) is 0. The molecule has 2 aromatic rings. The Balaban J connectivity index is 2.60. The molecule has 0 fully saturated rings. The molecule has 0 spiro atoms. The zero-order valence-electron chi connectivity index (χ0n) is 13.0. The van der Waals surface area contributed by atoms with E-state index >= 15 is 0 Å². The first-order valence-corrected chi connectivity index (χ1v) is 6.96. The van der Waals surface area contributed by atoms with Crippen LogP contribution in [-0.4, -0.2) is 22.5 Å². The van der Waals surface area contributed by atoms with E-state index in [2.05, 4.69) is 28.4 Å². The van der Waals surface area contributed by atoms with Gasteiger partial charge in [-0.3, -0.25) is 9.59 Å². The number of fused-ring (bicyclic) bond motifs is 1. The van der Waals surface area contributed by atoms with Gasteiger partial charge in [0.05, 0.1) is 16.3 Å². The molecule has 0 bridgehead atoms. The molecule has 0 saturated heterocycles. The third-order valence-corrected chi connectivity index (χ3v) is 3.32. The predicted molar refractivity (Wildman–Crippen MR) is 88.1 cm³/mol. The lowest BCUT2D eigenvalue weighted by Crippen LogP contribution is -2.34. The minimum Gasteiger partial charge on any atom is -0.427 e. The average molecular weight is 311 g/mol. The Morgan fingerprint density at radius 1 is 1.57 bits per heavy atom. The van der Waals surface area contributed by atoms with Crippen LogP contribution in [0.15, 0.2) is 35.6 Å². The maximum Gasteiger partial charge on any atom is 0.308 e. The maximum absolute atomic E-state index is 12.3. The third kappa shape index (κ3) is 3.47. The van der Waals surface area contributed by atoms with Crippen LogP contribution in [0, 0.1) is 11.8 Å². The van der Waals surface area contributed by atoms with Gasteiger partial charge in [0, 0.05) is 13.5 Å². The number of nitrogens with zero attached hydrogens (tertiary/aromatic N) is 1. The van der Waals surface area contributed by atoms with E-state index in [0.717, 1.165) is 0 Å².